The van der Waals surface area contributed by atoms with Gasteiger partial charge in [-0.25, -0.2) is 0 Å². The molecule has 0 spiro atoms. The van der Waals surface area contributed by atoms with Crippen LogP contribution in [0.3, 0.4) is 0 Å². The average Bonchev–Trinajstić information content (AvgIpc) is 2.32. The van der Waals surface area contributed by atoms with Crippen molar-refractivity contribution in [2.24, 2.45) is 0 Å². The van der Waals surface area contributed by atoms with E-state index in [4.69, 9.17) is 5.26 Å². The number of hydrogen-bond acceptors (Lipinski definition) is 4. The maximum absolute atomic E-state index is 12.4. The molecular formula is C13H18N4O. The van der Waals surface area contributed by atoms with Gasteiger partial charge in [-0.2, -0.15) is 15.5 Å². The van der Waals surface area contributed by atoms with Crippen LogP contribution in [0.5, 0.6) is 0 Å². The highest BCUT2D eigenvalue weighted by atomic mass is 16.2. The number of aromatic nitrogens is 2. The largest absolute Gasteiger partial charge is 0.335 e. The predicted molar refractivity (Wildman–Crippen MR) is 67.9 cm³/mol. The van der Waals surface area contributed by atoms with Crippen molar-refractivity contribution in [3.8, 4) is 6.07 Å². The van der Waals surface area contributed by atoms with Gasteiger partial charge in [0.05, 0.1) is 29.4 Å². The van der Waals surface area contributed by atoms with E-state index < -0.39 is 0 Å². The third kappa shape index (κ3) is 3.27. The van der Waals surface area contributed by atoms with Crippen LogP contribution >= 0.6 is 0 Å². The minimum Gasteiger partial charge on any atom is -0.335 e. The third-order valence-electron chi connectivity index (χ3n) is 2.68. The van der Waals surface area contributed by atoms with Crippen molar-refractivity contribution < 1.29 is 4.79 Å². The number of hydrogen-bond donors (Lipinski definition) is 0. The van der Waals surface area contributed by atoms with Gasteiger partial charge in [-0.1, -0.05) is 0 Å². The van der Waals surface area contributed by atoms with E-state index in [9.17, 15) is 4.79 Å². The molecular weight excluding hydrogens is 228 g/mol. The first kappa shape index (κ1) is 14.1. The van der Waals surface area contributed by atoms with Crippen LogP contribution in [0.15, 0.2) is 6.07 Å². The molecule has 1 aromatic heterocycles. The molecule has 0 atom stereocenters. The molecule has 0 aliphatic carbocycles. The molecule has 0 radical (unpaired) electrons. The lowest BCUT2D eigenvalue weighted by Gasteiger charge is -2.26. The number of carbonyl (C=O) groups excluding carboxylic acids is 1. The highest BCUT2D eigenvalue weighted by molar-refractivity contribution is 5.95. The van der Waals surface area contributed by atoms with Gasteiger partial charge in [0.25, 0.3) is 5.91 Å². The molecule has 0 aliphatic heterocycles. The van der Waals surface area contributed by atoms with Crippen molar-refractivity contribution in [3.05, 3.63) is 23.0 Å². The quantitative estimate of drug-likeness (QED) is 0.813. The fourth-order valence-corrected chi connectivity index (χ4v) is 1.69. The molecule has 0 aromatic carbocycles. The van der Waals surface area contributed by atoms with Gasteiger partial charge in [-0.05, 0) is 33.8 Å². The summed E-state index contributed by atoms with van der Waals surface area (Å²) in [5.74, 6) is -0.0873. The highest BCUT2D eigenvalue weighted by Gasteiger charge is 2.20. The molecule has 0 bridgehead atoms. The van der Waals surface area contributed by atoms with Gasteiger partial charge in [0.2, 0.25) is 0 Å². The maximum atomic E-state index is 12.4. The molecule has 0 unspecified atom stereocenters. The fraction of sp³-hybridized carbons (Fsp3) is 0.538. The summed E-state index contributed by atoms with van der Waals surface area (Å²) < 4.78 is 0. The first-order valence-corrected chi connectivity index (χ1v) is 5.96. The summed E-state index contributed by atoms with van der Waals surface area (Å²) in [5.41, 5.74) is 1.90. The van der Waals surface area contributed by atoms with E-state index in [1.807, 2.05) is 13.8 Å². The Labute approximate surface area is 107 Å². The minimum atomic E-state index is -0.0873. The Kier molecular flexibility index (Phi) is 4.78. The molecule has 96 valence electrons. The standard InChI is InChI=1S/C13H18N4O/c1-9(2)17(7-5-6-14)13(18)12-8-10(3)15-16-11(12)4/h8-9H,5,7H2,1-4H3. The maximum Gasteiger partial charge on any atom is 0.256 e. The Bertz CT molecular complexity index is 476. The van der Waals surface area contributed by atoms with Crippen LogP contribution in [0.1, 0.15) is 42.0 Å². The second kappa shape index (κ2) is 6.10. The number of carbonyl (C=O) groups is 1. The van der Waals surface area contributed by atoms with Crippen molar-refractivity contribution in [2.75, 3.05) is 6.54 Å². The van der Waals surface area contributed by atoms with Crippen LogP contribution in [0.2, 0.25) is 0 Å². The van der Waals surface area contributed by atoms with E-state index >= 15 is 0 Å². The van der Waals surface area contributed by atoms with E-state index in [-0.39, 0.29) is 11.9 Å². The lowest BCUT2D eigenvalue weighted by Crippen LogP contribution is -2.38. The topological polar surface area (TPSA) is 69.9 Å². The molecule has 0 N–H and O–H groups in total. The van der Waals surface area contributed by atoms with Crippen LogP contribution in [0.4, 0.5) is 0 Å². The zero-order chi connectivity index (χ0) is 13.7. The normalized spacial score (nSPS) is 10.2. The molecule has 5 nitrogen and oxygen atoms in total. The number of nitrogens with zero attached hydrogens (tertiary/aromatic N) is 4. The van der Waals surface area contributed by atoms with Crippen LogP contribution in [0.25, 0.3) is 0 Å². The van der Waals surface area contributed by atoms with E-state index in [1.54, 1.807) is 24.8 Å². The van der Waals surface area contributed by atoms with Gasteiger partial charge in [-0.15, -0.1) is 0 Å². The SMILES string of the molecule is Cc1cc(C(=O)N(CCC#N)C(C)C)c(C)nn1. The smallest absolute Gasteiger partial charge is 0.256 e. The highest BCUT2D eigenvalue weighted by Crippen LogP contribution is 2.12. The van der Waals surface area contributed by atoms with E-state index in [0.29, 0.717) is 29.9 Å². The lowest BCUT2D eigenvalue weighted by atomic mass is 10.1. The van der Waals surface area contributed by atoms with E-state index in [0.717, 1.165) is 0 Å². The van der Waals surface area contributed by atoms with Crippen LogP contribution in [-0.2, 0) is 0 Å². The van der Waals surface area contributed by atoms with E-state index in [1.165, 1.54) is 0 Å². The van der Waals surface area contributed by atoms with Gasteiger partial charge >= 0.3 is 0 Å². The van der Waals surface area contributed by atoms with Crippen molar-refractivity contribution >= 4 is 5.91 Å². The average molecular weight is 246 g/mol. The fourth-order valence-electron chi connectivity index (χ4n) is 1.69. The van der Waals surface area contributed by atoms with Crippen LogP contribution in [-0.4, -0.2) is 33.6 Å². The summed E-state index contributed by atoms with van der Waals surface area (Å²) in [6, 6.07) is 3.86. The first-order chi connectivity index (χ1) is 8.47. The van der Waals surface area contributed by atoms with Crippen molar-refractivity contribution in [2.45, 2.75) is 40.2 Å². The third-order valence-corrected chi connectivity index (χ3v) is 2.68. The molecule has 1 heterocycles. The van der Waals surface area contributed by atoms with Crippen molar-refractivity contribution in [3.63, 3.8) is 0 Å². The lowest BCUT2D eigenvalue weighted by molar-refractivity contribution is 0.0708. The summed E-state index contributed by atoms with van der Waals surface area (Å²) in [4.78, 5) is 14.1. The second-order valence-corrected chi connectivity index (χ2v) is 4.49. The monoisotopic (exact) mass is 246 g/mol. The zero-order valence-corrected chi connectivity index (χ0v) is 11.3. The number of aryl methyl sites for hydroxylation is 2. The molecule has 0 saturated heterocycles. The summed E-state index contributed by atoms with van der Waals surface area (Å²) in [5, 5.41) is 16.5. The molecule has 0 saturated carbocycles. The zero-order valence-electron chi connectivity index (χ0n) is 11.3. The molecule has 1 aromatic rings. The van der Waals surface area contributed by atoms with Crippen LogP contribution in [0, 0.1) is 25.2 Å². The first-order valence-electron chi connectivity index (χ1n) is 5.96. The Morgan fingerprint density at radius 3 is 2.67 bits per heavy atom. The van der Waals surface area contributed by atoms with Crippen molar-refractivity contribution in [1.82, 2.24) is 15.1 Å². The molecule has 0 aliphatic rings. The van der Waals surface area contributed by atoms with E-state index in [2.05, 4.69) is 16.3 Å². The number of amides is 1. The van der Waals surface area contributed by atoms with Crippen LogP contribution < -0.4 is 0 Å². The summed E-state index contributed by atoms with van der Waals surface area (Å²) >= 11 is 0. The Balaban J connectivity index is 3.02. The van der Waals surface area contributed by atoms with Gasteiger partial charge < -0.3 is 4.90 Å². The molecule has 18 heavy (non-hydrogen) atoms. The Morgan fingerprint density at radius 2 is 2.11 bits per heavy atom. The number of rotatable bonds is 4. The summed E-state index contributed by atoms with van der Waals surface area (Å²) in [7, 11) is 0. The summed E-state index contributed by atoms with van der Waals surface area (Å²) in [6.07, 6.45) is 0.334. The molecule has 0 fully saturated rings. The Morgan fingerprint density at radius 1 is 1.44 bits per heavy atom. The van der Waals surface area contributed by atoms with Gasteiger partial charge in [-0.3, -0.25) is 4.79 Å². The molecule has 5 heteroatoms. The molecule has 1 rings (SSSR count). The summed E-state index contributed by atoms with van der Waals surface area (Å²) in [6.45, 7) is 7.88. The predicted octanol–water partition coefficient (Wildman–Crippen LogP) is 1.86. The van der Waals surface area contributed by atoms with Gasteiger partial charge in [0.15, 0.2) is 0 Å². The second-order valence-electron chi connectivity index (χ2n) is 4.49. The van der Waals surface area contributed by atoms with Gasteiger partial charge in [0.1, 0.15) is 0 Å². The van der Waals surface area contributed by atoms with Gasteiger partial charge in [0, 0.05) is 12.6 Å². The van der Waals surface area contributed by atoms with Crippen molar-refractivity contribution in [1.29, 1.82) is 5.26 Å². The molecule has 1 amide bonds. The number of nitriles is 1. The Hall–Kier alpha value is -1.96. The minimum absolute atomic E-state index is 0.0544.